The molecule has 1 saturated carbocycles. The molecule has 0 saturated heterocycles. The molecule has 0 radical (unpaired) electrons. The van der Waals surface area contributed by atoms with Crippen LogP contribution < -0.4 is 5.32 Å². The normalized spacial score (nSPS) is 23.2. The predicted octanol–water partition coefficient (Wildman–Crippen LogP) is 4.07. The molecule has 2 aromatic rings. The molecular weight excluding hydrogens is 478 g/mol. The van der Waals surface area contributed by atoms with E-state index in [4.69, 9.17) is 4.42 Å². The zero-order valence-corrected chi connectivity index (χ0v) is 20.5. The van der Waals surface area contributed by atoms with Crippen LogP contribution in [0.3, 0.4) is 0 Å². The lowest BCUT2D eigenvalue weighted by Gasteiger charge is -2.35. The van der Waals surface area contributed by atoms with Gasteiger partial charge in [-0.1, -0.05) is 6.07 Å². The van der Waals surface area contributed by atoms with Gasteiger partial charge in [0, 0.05) is 56.8 Å². The first-order chi connectivity index (χ1) is 17.1. The Bertz CT molecular complexity index is 1030. The van der Waals surface area contributed by atoms with Gasteiger partial charge in [0.2, 0.25) is 17.7 Å². The van der Waals surface area contributed by atoms with Crippen LogP contribution in [-0.2, 0) is 30.5 Å². The van der Waals surface area contributed by atoms with Gasteiger partial charge in [0.15, 0.2) is 0 Å². The van der Waals surface area contributed by atoms with Crippen molar-refractivity contribution in [3.8, 4) is 0 Å². The third kappa shape index (κ3) is 7.72. The number of pyridine rings is 1. The fraction of sp³-hybridized carbons (Fsp3) is 0.680. The number of aromatic nitrogens is 3. The van der Waals surface area contributed by atoms with Crippen LogP contribution in [0.1, 0.15) is 67.3 Å². The summed E-state index contributed by atoms with van der Waals surface area (Å²) in [6.45, 7) is 3.78. The maximum Gasteiger partial charge on any atom is 0.389 e. The highest BCUT2D eigenvalue weighted by atomic mass is 19.4. The lowest BCUT2D eigenvalue weighted by Crippen LogP contribution is -2.43. The van der Waals surface area contributed by atoms with Crippen molar-refractivity contribution in [2.24, 2.45) is 0 Å². The van der Waals surface area contributed by atoms with E-state index in [1.807, 2.05) is 6.07 Å². The smallest absolute Gasteiger partial charge is 0.389 e. The van der Waals surface area contributed by atoms with Gasteiger partial charge in [-0.25, -0.2) is 4.39 Å². The number of alkyl halides is 4. The Morgan fingerprint density at radius 3 is 2.64 bits per heavy atom. The highest BCUT2D eigenvalue weighted by Crippen LogP contribution is 2.35. The van der Waals surface area contributed by atoms with E-state index >= 15 is 4.39 Å². The number of fused-ring (bicyclic) bond motifs is 1. The standard InChI is InChI=1S/C25H33F4N5O2/c1-17-32-33-23(36-17)16-22(35)31-20-4-9-24(26,10-5-20)12-15-34-13-7-18-2-3-19(6-11-25(27,28)29)30-21(18)8-14-34/h2-3,20H,4-16H2,1H3,(H,31,35). The molecule has 1 aliphatic carbocycles. The average molecular weight is 512 g/mol. The predicted molar refractivity (Wildman–Crippen MR) is 124 cm³/mol. The van der Waals surface area contributed by atoms with Gasteiger partial charge in [-0.05, 0) is 56.6 Å². The van der Waals surface area contributed by atoms with E-state index in [2.05, 4.69) is 25.4 Å². The number of carbonyl (C=O) groups is 1. The molecule has 0 unspecified atom stereocenters. The summed E-state index contributed by atoms with van der Waals surface area (Å²) in [5, 5.41) is 10.5. The SMILES string of the molecule is Cc1nnc(CC(=O)NC2CCC(F)(CCN3CCc4ccc(CCC(F)(F)F)nc4CC3)CC2)o1. The maximum absolute atomic E-state index is 15.5. The summed E-state index contributed by atoms with van der Waals surface area (Å²) in [6.07, 6.45) is -1.34. The van der Waals surface area contributed by atoms with Crippen molar-refractivity contribution in [3.05, 3.63) is 40.9 Å². The van der Waals surface area contributed by atoms with Crippen molar-refractivity contribution in [1.82, 2.24) is 25.4 Å². The first kappa shape index (κ1) is 26.5. The molecule has 0 aromatic carbocycles. The van der Waals surface area contributed by atoms with Crippen molar-refractivity contribution in [3.63, 3.8) is 0 Å². The molecule has 0 bridgehead atoms. The van der Waals surface area contributed by atoms with Crippen LogP contribution in [0, 0.1) is 6.92 Å². The molecule has 3 heterocycles. The van der Waals surface area contributed by atoms with E-state index in [1.165, 1.54) is 0 Å². The van der Waals surface area contributed by atoms with Crippen LogP contribution in [0.15, 0.2) is 16.5 Å². The molecule has 11 heteroatoms. The van der Waals surface area contributed by atoms with Crippen LogP contribution in [0.25, 0.3) is 0 Å². The maximum atomic E-state index is 15.5. The van der Waals surface area contributed by atoms with Crippen molar-refractivity contribution < 1.29 is 26.8 Å². The summed E-state index contributed by atoms with van der Waals surface area (Å²) in [5.74, 6) is 0.482. The van der Waals surface area contributed by atoms with Gasteiger partial charge in [0.1, 0.15) is 12.1 Å². The first-order valence-corrected chi connectivity index (χ1v) is 12.6. The lowest BCUT2D eigenvalue weighted by molar-refractivity contribution is -0.134. The third-order valence-electron chi connectivity index (χ3n) is 7.16. The number of halogens is 4. The van der Waals surface area contributed by atoms with Gasteiger partial charge in [0.05, 0.1) is 0 Å². The molecule has 2 aliphatic rings. The van der Waals surface area contributed by atoms with E-state index in [0.29, 0.717) is 63.2 Å². The molecule has 0 spiro atoms. The summed E-state index contributed by atoms with van der Waals surface area (Å²) in [7, 11) is 0. The van der Waals surface area contributed by atoms with Crippen LogP contribution in [0.2, 0.25) is 0 Å². The van der Waals surface area contributed by atoms with Crippen molar-refractivity contribution in [1.29, 1.82) is 0 Å². The Kier molecular flexibility index (Phi) is 8.27. The lowest BCUT2D eigenvalue weighted by atomic mass is 9.81. The molecule has 0 atom stereocenters. The number of rotatable bonds is 8. The molecule has 1 fully saturated rings. The fourth-order valence-corrected chi connectivity index (χ4v) is 5.02. The van der Waals surface area contributed by atoms with E-state index in [-0.39, 0.29) is 30.7 Å². The van der Waals surface area contributed by atoms with Crippen molar-refractivity contribution in [2.75, 3.05) is 19.6 Å². The first-order valence-electron chi connectivity index (χ1n) is 12.6. The highest BCUT2D eigenvalue weighted by Gasteiger charge is 2.36. The Morgan fingerprint density at radius 2 is 1.94 bits per heavy atom. The number of hydrogen-bond donors (Lipinski definition) is 1. The van der Waals surface area contributed by atoms with Crippen LogP contribution in [-0.4, -0.2) is 63.5 Å². The molecular formula is C25H33F4N5O2. The molecule has 36 heavy (non-hydrogen) atoms. The topological polar surface area (TPSA) is 84.2 Å². The Morgan fingerprint density at radius 1 is 1.19 bits per heavy atom. The van der Waals surface area contributed by atoms with Crippen LogP contribution in [0.5, 0.6) is 0 Å². The average Bonchev–Trinajstić information content (AvgIpc) is 3.11. The second-order valence-electron chi connectivity index (χ2n) is 10.00. The van der Waals surface area contributed by atoms with E-state index in [1.54, 1.807) is 13.0 Å². The summed E-state index contributed by atoms with van der Waals surface area (Å²) in [5.41, 5.74) is 1.14. The van der Waals surface area contributed by atoms with Gasteiger partial charge < -0.3 is 14.6 Å². The van der Waals surface area contributed by atoms with Gasteiger partial charge in [-0.15, -0.1) is 10.2 Å². The van der Waals surface area contributed by atoms with Crippen LogP contribution >= 0.6 is 0 Å². The van der Waals surface area contributed by atoms with Gasteiger partial charge in [-0.2, -0.15) is 13.2 Å². The second kappa shape index (κ2) is 11.2. The Balaban J connectivity index is 1.19. The molecule has 2 aromatic heterocycles. The largest absolute Gasteiger partial charge is 0.425 e. The van der Waals surface area contributed by atoms with E-state index in [0.717, 1.165) is 24.2 Å². The van der Waals surface area contributed by atoms with Crippen molar-refractivity contribution in [2.45, 2.75) is 89.0 Å². The molecule has 198 valence electrons. The monoisotopic (exact) mass is 511 g/mol. The van der Waals surface area contributed by atoms with Gasteiger partial charge in [-0.3, -0.25) is 9.78 Å². The zero-order chi connectivity index (χ0) is 25.8. The third-order valence-corrected chi connectivity index (χ3v) is 7.16. The van der Waals surface area contributed by atoms with E-state index < -0.39 is 18.3 Å². The molecule has 1 amide bonds. The minimum atomic E-state index is -4.19. The van der Waals surface area contributed by atoms with Crippen molar-refractivity contribution >= 4 is 5.91 Å². The zero-order valence-electron chi connectivity index (χ0n) is 20.5. The number of carbonyl (C=O) groups excluding carboxylic acids is 1. The number of aryl methyl sites for hydroxylation is 2. The minimum absolute atomic E-state index is 0.0220. The summed E-state index contributed by atoms with van der Waals surface area (Å²) in [4.78, 5) is 18.9. The molecule has 1 N–H and O–H groups in total. The summed E-state index contributed by atoms with van der Waals surface area (Å²) < 4.78 is 58.3. The fourth-order valence-electron chi connectivity index (χ4n) is 5.02. The molecule has 1 aliphatic heterocycles. The number of hydrogen-bond acceptors (Lipinski definition) is 6. The number of nitrogens with one attached hydrogen (secondary N) is 1. The highest BCUT2D eigenvalue weighted by molar-refractivity contribution is 5.77. The summed E-state index contributed by atoms with van der Waals surface area (Å²) in [6, 6.07) is 3.52. The number of amides is 1. The Labute approximate surface area is 208 Å². The Hall–Kier alpha value is -2.56. The molecule has 7 nitrogen and oxygen atoms in total. The van der Waals surface area contributed by atoms with Gasteiger partial charge in [0.25, 0.3) is 0 Å². The second-order valence-corrected chi connectivity index (χ2v) is 10.00. The quantitative estimate of drug-likeness (QED) is 0.538. The van der Waals surface area contributed by atoms with Gasteiger partial charge >= 0.3 is 6.18 Å². The van der Waals surface area contributed by atoms with E-state index in [9.17, 15) is 18.0 Å². The summed E-state index contributed by atoms with van der Waals surface area (Å²) >= 11 is 0. The molecule has 4 rings (SSSR count). The van der Waals surface area contributed by atoms with Crippen LogP contribution in [0.4, 0.5) is 17.6 Å². The number of nitrogens with zero attached hydrogens (tertiary/aromatic N) is 4. The minimum Gasteiger partial charge on any atom is -0.425 e.